The summed E-state index contributed by atoms with van der Waals surface area (Å²) >= 11 is 0. The van der Waals surface area contributed by atoms with E-state index in [4.69, 9.17) is 0 Å². The van der Waals surface area contributed by atoms with E-state index in [0.717, 1.165) is 49.9 Å². The predicted molar refractivity (Wildman–Crippen MR) is 80.6 cm³/mol. The number of carbonyl (C=O) groups is 2. The Morgan fingerprint density at radius 1 is 0.600 bits per heavy atom. The number of nitrogens with one attached hydrogen (secondary N) is 2. The first-order valence-corrected chi connectivity index (χ1v) is 7.44. The average molecular weight is 274 g/mol. The first-order valence-electron chi connectivity index (χ1n) is 7.44. The third-order valence-electron chi connectivity index (χ3n) is 3.51. The molecule has 0 aliphatic carbocycles. The highest BCUT2D eigenvalue weighted by molar-refractivity contribution is 5.92. The third-order valence-corrected chi connectivity index (χ3v) is 3.51. The van der Waals surface area contributed by atoms with Gasteiger partial charge in [-0.3, -0.25) is 9.59 Å². The summed E-state index contributed by atoms with van der Waals surface area (Å²) in [5.41, 5.74) is 1.56. The standard InChI is InChI=1S/C16H22N2O2/c19-15-7-5-3-1-2-4-6-8-16(20)18-14-11-9-13(17-15)10-12-14/h9-12H,1-8H2,(H,17,19)(H,18,20). The second-order valence-electron chi connectivity index (χ2n) is 5.30. The Morgan fingerprint density at radius 3 is 1.35 bits per heavy atom. The smallest absolute Gasteiger partial charge is 0.224 e. The van der Waals surface area contributed by atoms with E-state index in [1.807, 2.05) is 24.3 Å². The van der Waals surface area contributed by atoms with Crippen molar-refractivity contribution in [2.75, 3.05) is 10.6 Å². The summed E-state index contributed by atoms with van der Waals surface area (Å²) in [6, 6.07) is 7.28. The topological polar surface area (TPSA) is 58.2 Å². The molecule has 1 aromatic rings. The molecular weight excluding hydrogens is 252 g/mol. The Labute approximate surface area is 119 Å². The first kappa shape index (κ1) is 14.6. The molecule has 108 valence electrons. The van der Waals surface area contributed by atoms with Crippen LogP contribution in [0.4, 0.5) is 11.4 Å². The summed E-state index contributed by atoms with van der Waals surface area (Å²) in [7, 11) is 0. The van der Waals surface area contributed by atoms with Gasteiger partial charge in [0.25, 0.3) is 0 Å². The maximum Gasteiger partial charge on any atom is 0.224 e. The molecule has 2 amide bonds. The van der Waals surface area contributed by atoms with Crippen molar-refractivity contribution in [3.63, 3.8) is 0 Å². The van der Waals surface area contributed by atoms with Crippen molar-refractivity contribution in [3.8, 4) is 0 Å². The number of hydrogen-bond donors (Lipinski definition) is 2. The van der Waals surface area contributed by atoms with Crippen LogP contribution in [0.2, 0.25) is 0 Å². The van der Waals surface area contributed by atoms with Gasteiger partial charge in [0.2, 0.25) is 11.8 Å². The molecule has 20 heavy (non-hydrogen) atoms. The second kappa shape index (κ2) is 7.68. The molecule has 2 aliphatic heterocycles. The first-order chi connectivity index (χ1) is 9.74. The molecule has 0 spiro atoms. The lowest BCUT2D eigenvalue weighted by Crippen LogP contribution is -2.13. The minimum atomic E-state index is 0.0638. The Bertz CT molecular complexity index is 411. The molecule has 0 saturated carbocycles. The molecule has 0 radical (unpaired) electrons. The van der Waals surface area contributed by atoms with Gasteiger partial charge in [0.1, 0.15) is 0 Å². The van der Waals surface area contributed by atoms with E-state index in [0.29, 0.717) is 12.8 Å². The van der Waals surface area contributed by atoms with Gasteiger partial charge in [-0.2, -0.15) is 0 Å². The van der Waals surface area contributed by atoms with Crippen molar-refractivity contribution in [1.29, 1.82) is 0 Å². The van der Waals surface area contributed by atoms with Crippen LogP contribution in [0, 0.1) is 0 Å². The number of amides is 2. The summed E-state index contributed by atoms with van der Waals surface area (Å²) < 4.78 is 0. The maximum absolute atomic E-state index is 11.7. The van der Waals surface area contributed by atoms with Gasteiger partial charge in [-0.1, -0.05) is 25.7 Å². The molecule has 2 bridgehead atoms. The monoisotopic (exact) mass is 274 g/mol. The second-order valence-corrected chi connectivity index (χ2v) is 5.30. The fourth-order valence-corrected chi connectivity index (χ4v) is 2.36. The lowest BCUT2D eigenvalue weighted by Gasteiger charge is -2.09. The van der Waals surface area contributed by atoms with Crippen LogP contribution in [0.25, 0.3) is 0 Å². The number of fused-ring (bicyclic) bond motifs is 13. The van der Waals surface area contributed by atoms with Crippen LogP contribution in [0.3, 0.4) is 0 Å². The number of rotatable bonds is 0. The van der Waals surface area contributed by atoms with Gasteiger partial charge in [0.05, 0.1) is 0 Å². The normalized spacial score (nSPS) is 18.4. The van der Waals surface area contributed by atoms with Crippen LogP contribution >= 0.6 is 0 Å². The Balaban J connectivity index is 2.00. The van der Waals surface area contributed by atoms with E-state index in [-0.39, 0.29) is 11.8 Å². The third kappa shape index (κ3) is 5.03. The predicted octanol–water partition coefficient (Wildman–Crippen LogP) is 3.70. The van der Waals surface area contributed by atoms with Crippen LogP contribution in [-0.2, 0) is 9.59 Å². The van der Waals surface area contributed by atoms with Crippen molar-refractivity contribution in [1.82, 2.24) is 0 Å². The molecule has 2 heterocycles. The summed E-state index contributed by atoms with van der Waals surface area (Å²) in [4.78, 5) is 23.5. The van der Waals surface area contributed by atoms with E-state index in [2.05, 4.69) is 10.6 Å². The minimum absolute atomic E-state index is 0.0638. The quantitative estimate of drug-likeness (QED) is 0.758. The molecule has 4 nitrogen and oxygen atoms in total. The molecular formula is C16H22N2O2. The fraction of sp³-hybridized carbons (Fsp3) is 0.500. The summed E-state index contributed by atoms with van der Waals surface area (Å²) in [6.07, 6.45) is 7.48. The van der Waals surface area contributed by atoms with Crippen LogP contribution < -0.4 is 10.6 Å². The van der Waals surface area contributed by atoms with Crippen LogP contribution in [0.1, 0.15) is 51.4 Å². The zero-order chi connectivity index (χ0) is 14.2. The number of anilines is 2. The summed E-state index contributed by atoms with van der Waals surface area (Å²) in [5.74, 6) is 0.128. The van der Waals surface area contributed by atoms with Crippen molar-refractivity contribution >= 4 is 23.2 Å². The highest BCUT2D eigenvalue weighted by Gasteiger charge is 2.05. The van der Waals surface area contributed by atoms with Gasteiger partial charge < -0.3 is 10.6 Å². The van der Waals surface area contributed by atoms with Crippen LogP contribution in [-0.4, -0.2) is 11.8 Å². The molecule has 0 atom stereocenters. The molecule has 1 aromatic carbocycles. The molecule has 4 heteroatoms. The zero-order valence-electron chi connectivity index (χ0n) is 11.8. The number of benzene rings is 1. The summed E-state index contributed by atoms with van der Waals surface area (Å²) in [6.45, 7) is 0. The van der Waals surface area contributed by atoms with Gasteiger partial charge in [0.15, 0.2) is 0 Å². The average Bonchev–Trinajstić information content (AvgIpc) is 2.43. The highest BCUT2D eigenvalue weighted by atomic mass is 16.2. The van der Waals surface area contributed by atoms with Crippen molar-refractivity contribution < 1.29 is 9.59 Å². The van der Waals surface area contributed by atoms with E-state index >= 15 is 0 Å². The van der Waals surface area contributed by atoms with Crippen molar-refractivity contribution in [2.45, 2.75) is 51.4 Å². The zero-order valence-corrected chi connectivity index (χ0v) is 11.8. The van der Waals surface area contributed by atoms with E-state index in [1.165, 1.54) is 0 Å². The Hall–Kier alpha value is -1.84. The van der Waals surface area contributed by atoms with Gasteiger partial charge in [-0.25, -0.2) is 0 Å². The van der Waals surface area contributed by atoms with Gasteiger partial charge in [-0.15, -0.1) is 0 Å². The van der Waals surface area contributed by atoms with Gasteiger partial charge in [-0.05, 0) is 37.1 Å². The number of carbonyl (C=O) groups excluding carboxylic acids is 2. The lowest BCUT2D eigenvalue weighted by atomic mass is 10.1. The Kier molecular flexibility index (Phi) is 5.59. The van der Waals surface area contributed by atoms with E-state index in [9.17, 15) is 9.59 Å². The van der Waals surface area contributed by atoms with Crippen LogP contribution in [0.15, 0.2) is 24.3 Å². The SMILES string of the molecule is O=C1CCCCCCCCC(=O)Nc2ccc(cc2)N1. The molecule has 0 saturated heterocycles. The van der Waals surface area contributed by atoms with Crippen molar-refractivity contribution in [3.05, 3.63) is 24.3 Å². The van der Waals surface area contributed by atoms with Crippen molar-refractivity contribution in [2.24, 2.45) is 0 Å². The van der Waals surface area contributed by atoms with E-state index < -0.39 is 0 Å². The summed E-state index contributed by atoms with van der Waals surface area (Å²) in [5, 5.41) is 5.75. The van der Waals surface area contributed by atoms with Gasteiger partial charge in [0, 0.05) is 24.2 Å². The molecule has 2 N–H and O–H groups in total. The highest BCUT2D eigenvalue weighted by Crippen LogP contribution is 2.16. The van der Waals surface area contributed by atoms with E-state index in [1.54, 1.807) is 0 Å². The maximum atomic E-state index is 11.7. The molecule has 2 aliphatic rings. The lowest BCUT2D eigenvalue weighted by molar-refractivity contribution is -0.117. The molecule has 0 aromatic heterocycles. The molecule has 3 rings (SSSR count). The molecule has 0 unspecified atom stereocenters. The number of hydrogen-bond acceptors (Lipinski definition) is 2. The van der Waals surface area contributed by atoms with Crippen LogP contribution in [0.5, 0.6) is 0 Å². The fourth-order valence-electron chi connectivity index (χ4n) is 2.36. The minimum Gasteiger partial charge on any atom is -0.326 e. The Morgan fingerprint density at radius 2 is 0.950 bits per heavy atom. The molecule has 0 fully saturated rings. The largest absolute Gasteiger partial charge is 0.326 e. The van der Waals surface area contributed by atoms with Gasteiger partial charge >= 0.3 is 0 Å².